The maximum Gasteiger partial charge on any atom is 0.257 e. The van der Waals surface area contributed by atoms with Gasteiger partial charge in [0.2, 0.25) is 10.0 Å². The Morgan fingerprint density at radius 2 is 1.76 bits per heavy atom. The van der Waals surface area contributed by atoms with Gasteiger partial charge in [0.25, 0.3) is 11.8 Å². The summed E-state index contributed by atoms with van der Waals surface area (Å²) in [7, 11) is -0.896. The number of amides is 2. The van der Waals surface area contributed by atoms with E-state index in [1.165, 1.54) is 32.3 Å². The summed E-state index contributed by atoms with van der Waals surface area (Å²) in [6.07, 6.45) is 0. The molecular formula is C19H22ClN3O5S. The number of ether oxygens (including phenoxy) is 1. The van der Waals surface area contributed by atoms with Crippen LogP contribution in [0, 0.1) is 0 Å². The number of hydrogen-bond acceptors (Lipinski definition) is 5. The molecule has 8 nitrogen and oxygen atoms in total. The highest BCUT2D eigenvalue weighted by Gasteiger charge is 2.21. The van der Waals surface area contributed by atoms with Gasteiger partial charge in [-0.1, -0.05) is 11.6 Å². The number of anilines is 1. The summed E-state index contributed by atoms with van der Waals surface area (Å²) in [6.45, 7) is 2.22. The Hall–Kier alpha value is -2.62. The summed E-state index contributed by atoms with van der Waals surface area (Å²) in [6, 6.07) is 10.3. The van der Waals surface area contributed by atoms with Crippen molar-refractivity contribution < 1.29 is 22.7 Å². The second-order valence-electron chi connectivity index (χ2n) is 6.15. The van der Waals surface area contributed by atoms with Gasteiger partial charge in [-0.3, -0.25) is 9.59 Å². The van der Waals surface area contributed by atoms with E-state index in [-0.39, 0.29) is 28.0 Å². The van der Waals surface area contributed by atoms with Crippen LogP contribution in [0.4, 0.5) is 5.69 Å². The van der Waals surface area contributed by atoms with Crippen molar-refractivity contribution in [2.45, 2.75) is 11.8 Å². The van der Waals surface area contributed by atoms with E-state index in [1.54, 1.807) is 24.3 Å². The molecule has 0 saturated heterocycles. The zero-order chi connectivity index (χ0) is 21.6. The molecule has 0 aliphatic heterocycles. The van der Waals surface area contributed by atoms with Crippen LogP contribution < -0.4 is 15.4 Å². The molecule has 0 unspecified atom stereocenters. The first-order valence-corrected chi connectivity index (χ1v) is 10.5. The fourth-order valence-corrected chi connectivity index (χ4v) is 3.41. The quantitative estimate of drug-likeness (QED) is 0.657. The lowest BCUT2D eigenvalue weighted by molar-refractivity contribution is -0.122. The van der Waals surface area contributed by atoms with E-state index in [1.807, 2.05) is 6.92 Å². The molecular weight excluding hydrogens is 418 g/mol. The lowest BCUT2D eigenvalue weighted by atomic mass is 10.2. The largest absolute Gasteiger partial charge is 0.484 e. The van der Waals surface area contributed by atoms with Gasteiger partial charge in [0, 0.05) is 26.3 Å². The Morgan fingerprint density at radius 3 is 2.34 bits per heavy atom. The standard InChI is InChI=1S/C19H22ClN3O5S/c1-4-21-18(24)12-28-14-7-5-13(6-8-14)22-19(25)16-11-15(9-10-17(16)20)29(26,27)23(2)3/h5-11H,4,12H2,1-3H3,(H,21,24)(H,22,25). The third-order valence-electron chi connectivity index (χ3n) is 3.82. The fraction of sp³-hybridized carbons (Fsp3) is 0.263. The molecule has 29 heavy (non-hydrogen) atoms. The molecule has 0 radical (unpaired) electrons. The molecule has 2 amide bonds. The number of carbonyl (C=O) groups is 2. The summed E-state index contributed by atoms with van der Waals surface area (Å²) in [5.74, 6) is -0.319. The Bertz CT molecular complexity index is 991. The number of nitrogens with one attached hydrogen (secondary N) is 2. The topological polar surface area (TPSA) is 105 Å². The first-order valence-electron chi connectivity index (χ1n) is 8.68. The van der Waals surface area contributed by atoms with Crippen LogP contribution in [-0.4, -0.2) is 51.8 Å². The monoisotopic (exact) mass is 439 g/mol. The normalized spacial score (nSPS) is 11.2. The number of rotatable bonds is 8. The zero-order valence-corrected chi connectivity index (χ0v) is 17.8. The molecule has 0 spiro atoms. The van der Waals surface area contributed by atoms with Crippen LogP contribution in [0.3, 0.4) is 0 Å². The molecule has 0 aliphatic rings. The van der Waals surface area contributed by atoms with Gasteiger partial charge in [0.15, 0.2) is 6.61 Å². The second kappa shape index (κ2) is 9.73. The van der Waals surface area contributed by atoms with Gasteiger partial charge in [-0.2, -0.15) is 0 Å². The summed E-state index contributed by atoms with van der Waals surface area (Å²) in [5, 5.41) is 5.40. The van der Waals surface area contributed by atoms with Gasteiger partial charge in [0.05, 0.1) is 15.5 Å². The van der Waals surface area contributed by atoms with E-state index in [4.69, 9.17) is 16.3 Å². The van der Waals surface area contributed by atoms with Crippen molar-refractivity contribution in [1.82, 2.24) is 9.62 Å². The molecule has 10 heteroatoms. The highest BCUT2D eigenvalue weighted by molar-refractivity contribution is 7.89. The number of halogens is 1. The number of likely N-dealkylation sites (N-methyl/N-ethyl adjacent to an activating group) is 1. The minimum Gasteiger partial charge on any atom is -0.484 e. The van der Waals surface area contributed by atoms with Gasteiger partial charge in [-0.15, -0.1) is 0 Å². The van der Waals surface area contributed by atoms with Crippen LogP contribution in [0.1, 0.15) is 17.3 Å². The maximum atomic E-state index is 12.6. The van der Waals surface area contributed by atoms with Crippen molar-refractivity contribution in [1.29, 1.82) is 0 Å². The second-order valence-corrected chi connectivity index (χ2v) is 8.71. The van der Waals surface area contributed by atoms with Gasteiger partial charge in [-0.25, -0.2) is 12.7 Å². The Kier molecular flexibility index (Phi) is 7.60. The van der Waals surface area contributed by atoms with Gasteiger partial charge >= 0.3 is 0 Å². The SMILES string of the molecule is CCNC(=O)COc1ccc(NC(=O)c2cc(S(=O)(=O)N(C)C)ccc2Cl)cc1. The van der Waals surface area contributed by atoms with Gasteiger partial charge in [0.1, 0.15) is 5.75 Å². The van der Waals surface area contributed by atoms with Crippen molar-refractivity contribution >= 4 is 39.1 Å². The number of sulfonamides is 1. The molecule has 0 aliphatic carbocycles. The fourth-order valence-electron chi connectivity index (χ4n) is 2.28. The third kappa shape index (κ3) is 5.93. The molecule has 0 bridgehead atoms. The van der Waals surface area contributed by atoms with E-state index >= 15 is 0 Å². The molecule has 0 heterocycles. The highest BCUT2D eigenvalue weighted by Crippen LogP contribution is 2.24. The zero-order valence-electron chi connectivity index (χ0n) is 16.2. The van der Waals surface area contributed by atoms with Crippen LogP contribution in [0.5, 0.6) is 5.75 Å². The number of carbonyl (C=O) groups excluding carboxylic acids is 2. The summed E-state index contributed by atoms with van der Waals surface area (Å²) in [4.78, 5) is 23.9. The molecule has 156 valence electrons. The van der Waals surface area contributed by atoms with Crippen LogP contribution in [-0.2, 0) is 14.8 Å². The third-order valence-corrected chi connectivity index (χ3v) is 5.96. The summed E-state index contributed by atoms with van der Waals surface area (Å²) in [5.41, 5.74) is 0.489. The minimum atomic E-state index is -3.70. The van der Waals surface area contributed by atoms with Crippen LogP contribution in [0.25, 0.3) is 0 Å². The van der Waals surface area contributed by atoms with E-state index in [0.29, 0.717) is 18.0 Å². The van der Waals surface area contributed by atoms with Crippen molar-refractivity contribution in [2.75, 3.05) is 32.6 Å². The van der Waals surface area contributed by atoms with E-state index in [0.717, 1.165) is 4.31 Å². The van der Waals surface area contributed by atoms with Gasteiger partial charge < -0.3 is 15.4 Å². The van der Waals surface area contributed by atoms with Crippen LogP contribution >= 0.6 is 11.6 Å². The van der Waals surface area contributed by atoms with E-state index in [2.05, 4.69) is 10.6 Å². The first kappa shape index (κ1) is 22.7. The Labute approximate surface area is 174 Å². The van der Waals surface area contributed by atoms with Gasteiger partial charge in [-0.05, 0) is 49.4 Å². The molecule has 0 atom stereocenters. The van der Waals surface area contributed by atoms with Crippen molar-refractivity contribution in [2.24, 2.45) is 0 Å². The van der Waals surface area contributed by atoms with Crippen LogP contribution in [0.2, 0.25) is 5.02 Å². The van der Waals surface area contributed by atoms with E-state index < -0.39 is 15.9 Å². The lowest BCUT2D eigenvalue weighted by Gasteiger charge is -2.13. The predicted octanol–water partition coefficient (Wildman–Crippen LogP) is 2.36. The van der Waals surface area contributed by atoms with Crippen molar-refractivity contribution in [3.05, 3.63) is 53.1 Å². The molecule has 0 aromatic heterocycles. The predicted molar refractivity (Wildman–Crippen MR) is 111 cm³/mol. The average Bonchev–Trinajstić information content (AvgIpc) is 2.67. The smallest absolute Gasteiger partial charge is 0.257 e. The number of hydrogen-bond donors (Lipinski definition) is 2. The maximum absolute atomic E-state index is 12.6. The molecule has 2 rings (SSSR count). The molecule has 2 N–H and O–H groups in total. The number of benzene rings is 2. The van der Waals surface area contributed by atoms with E-state index in [9.17, 15) is 18.0 Å². The minimum absolute atomic E-state index is 0.0335. The Balaban J connectivity index is 2.11. The lowest BCUT2D eigenvalue weighted by Crippen LogP contribution is -2.28. The molecule has 2 aromatic carbocycles. The Morgan fingerprint density at radius 1 is 1.10 bits per heavy atom. The first-order chi connectivity index (χ1) is 13.6. The van der Waals surface area contributed by atoms with Crippen LogP contribution in [0.15, 0.2) is 47.4 Å². The molecule has 0 saturated carbocycles. The summed E-state index contributed by atoms with van der Waals surface area (Å²) < 4.78 is 30.9. The average molecular weight is 440 g/mol. The van der Waals surface area contributed by atoms with Crippen molar-refractivity contribution in [3.63, 3.8) is 0 Å². The highest BCUT2D eigenvalue weighted by atomic mass is 35.5. The van der Waals surface area contributed by atoms with Crippen molar-refractivity contribution in [3.8, 4) is 5.75 Å². The molecule has 0 fully saturated rings. The molecule has 2 aromatic rings. The summed E-state index contributed by atoms with van der Waals surface area (Å²) >= 11 is 6.08. The number of nitrogens with zero attached hydrogens (tertiary/aromatic N) is 1.